The highest BCUT2D eigenvalue weighted by Gasteiger charge is 2.32. The van der Waals surface area contributed by atoms with Gasteiger partial charge in [-0.3, -0.25) is 14.4 Å². The normalized spacial score (nSPS) is 15.9. The zero-order chi connectivity index (χ0) is 21.4. The van der Waals surface area contributed by atoms with Crippen molar-refractivity contribution >= 4 is 46.3 Å². The topological polar surface area (TPSA) is 120 Å². The smallest absolute Gasteiger partial charge is 0.354 e. The number of primary amides is 1. The molecule has 152 valence electrons. The van der Waals surface area contributed by atoms with Gasteiger partial charge in [0.1, 0.15) is 11.5 Å². The van der Waals surface area contributed by atoms with Gasteiger partial charge in [-0.15, -0.1) is 0 Å². The monoisotopic (exact) mass is 442 g/mol. The number of nitrogen functional groups attached to an aromatic ring is 1. The molecule has 0 radical (unpaired) electrons. The molecule has 0 fully saturated rings. The van der Waals surface area contributed by atoms with Crippen LogP contribution in [0, 0.1) is 0 Å². The van der Waals surface area contributed by atoms with E-state index in [4.69, 9.17) is 34.7 Å². The Morgan fingerprint density at radius 3 is 2.47 bits per heavy atom. The summed E-state index contributed by atoms with van der Waals surface area (Å²) in [6, 6.07) is 13.5. The lowest BCUT2D eigenvalue weighted by molar-refractivity contribution is -0.112. The number of nitrogens with two attached hydrogens (primary N) is 2. The van der Waals surface area contributed by atoms with Crippen molar-refractivity contribution in [3.8, 4) is 5.69 Å². The summed E-state index contributed by atoms with van der Waals surface area (Å²) in [5.74, 6) is -0.436. The molecule has 8 nitrogen and oxygen atoms in total. The Hall–Kier alpha value is -3.36. The lowest BCUT2D eigenvalue weighted by atomic mass is 10.0. The fourth-order valence-corrected chi connectivity index (χ4v) is 3.77. The summed E-state index contributed by atoms with van der Waals surface area (Å²) >= 11 is 12.4. The largest absolute Gasteiger partial charge is 0.383 e. The van der Waals surface area contributed by atoms with Gasteiger partial charge in [-0.1, -0.05) is 35.3 Å². The standard InChI is InChI=1S/C20H16Cl2N6O2/c21-12-3-6-16(14(22)9-12)28-17(10-15(26-28)19(24)29)11-1-4-13(5-2-11)27-8-7-18(23)25-20(27)30/h1-9,17H,10H2,(H2,24,29)(H2,23,25,30). The molecule has 0 spiro atoms. The molecule has 0 saturated carbocycles. The minimum atomic E-state index is -0.594. The molecule has 4 N–H and O–H groups in total. The molecule has 0 saturated heterocycles. The van der Waals surface area contributed by atoms with Crippen LogP contribution in [0.5, 0.6) is 0 Å². The van der Waals surface area contributed by atoms with Crippen molar-refractivity contribution in [2.45, 2.75) is 12.5 Å². The van der Waals surface area contributed by atoms with E-state index in [1.54, 1.807) is 47.6 Å². The van der Waals surface area contributed by atoms with Gasteiger partial charge in [0.15, 0.2) is 0 Å². The maximum atomic E-state index is 12.1. The van der Waals surface area contributed by atoms with Gasteiger partial charge in [0.2, 0.25) is 0 Å². The van der Waals surface area contributed by atoms with Gasteiger partial charge in [0.05, 0.1) is 22.4 Å². The molecule has 1 unspecified atom stereocenters. The van der Waals surface area contributed by atoms with Crippen molar-refractivity contribution in [1.82, 2.24) is 9.55 Å². The Morgan fingerprint density at radius 1 is 1.10 bits per heavy atom. The molecule has 30 heavy (non-hydrogen) atoms. The second-order valence-electron chi connectivity index (χ2n) is 6.67. The zero-order valence-corrected chi connectivity index (χ0v) is 17.0. The van der Waals surface area contributed by atoms with Crippen LogP contribution in [-0.4, -0.2) is 21.2 Å². The number of hydrogen-bond donors (Lipinski definition) is 2. The summed E-state index contributed by atoms with van der Waals surface area (Å²) in [4.78, 5) is 27.6. The number of anilines is 2. The van der Waals surface area contributed by atoms with E-state index in [9.17, 15) is 9.59 Å². The number of carbonyl (C=O) groups is 1. The Labute approximate surface area is 181 Å². The van der Waals surface area contributed by atoms with Crippen molar-refractivity contribution in [2.24, 2.45) is 10.8 Å². The minimum Gasteiger partial charge on any atom is -0.383 e. The highest BCUT2D eigenvalue weighted by atomic mass is 35.5. The summed E-state index contributed by atoms with van der Waals surface area (Å²) in [6.45, 7) is 0. The second kappa shape index (κ2) is 7.81. The lowest BCUT2D eigenvalue weighted by Crippen LogP contribution is -2.22. The molecule has 1 aliphatic rings. The predicted octanol–water partition coefficient (Wildman–Crippen LogP) is 2.91. The van der Waals surface area contributed by atoms with Gasteiger partial charge in [0, 0.05) is 17.6 Å². The van der Waals surface area contributed by atoms with Crippen LogP contribution in [0.2, 0.25) is 10.0 Å². The number of rotatable bonds is 4. The minimum absolute atomic E-state index is 0.158. The van der Waals surface area contributed by atoms with E-state index >= 15 is 0 Å². The number of halogens is 2. The van der Waals surface area contributed by atoms with E-state index in [0.29, 0.717) is 27.8 Å². The van der Waals surface area contributed by atoms with E-state index in [1.165, 1.54) is 4.57 Å². The van der Waals surface area contributed by atoms with Gasteiger partial charge in [0.25, 0.3) is 5.91 Å². The first-order valence-electron chi connectivity index (χ1n) is 8.90. The van der Waals surface area contributed by atoms with Crippen molar-refractivity contribution in [3.05, 3.63) is 80.8 Å². The van der Waals surface area contributed by atoms with Gasteiger partial charge >= 0.3 is 5.69 Å². The van der Waals surface area contributed by atoms with Crippen LogP contribution in [0.25, 0.3) is 5.69 Å². The Bertz CT molecular complexity index is 1220. The molecular weight excluding hydrogens is 427 g/mol. The number of nitrogens with zero attached hydrogens (tertiary/aromatic N) is 4. The molecule has 0 aliphatic carbocycles. The quantitative estimate of drug-likeness (QED) is 0.643. The fraction of sp³-hybridized carbons (Fsp3) is 0.100. The molecule has 1 aliphatic heterocycles. The third-order valence-corrected chi connectivity index (χ3v) is 5.27. The maximum absolute atomic E-state index is 12.1. The van der Waals surface area contributed by atoms with Gasteiger partial charge in [-0.05, 0) is 42.0 Å². The molecule has 4 rings (SSSR count). The summed E-state index contributed by atoms with van der Waals surface area (Å²) in [6.07, 6.45) is 1.88. The molecule has 3 aromatic rings. The van der Waals surface area contributed by atoms with E-state index in [0.717, 1.165) is 5.56 Å². The zero-order valence-electron chi connectivity index (χ0n) is 15.5. The van der Waals surface area contributed by atoms with Crippen molar-refractivity contribution in [3.63, 3.8) is 0 Å². The molecule has 0 bridgehead atoms. The fourth-order valence-electron chi connectivity index (χ4n) is 3.28. The first kappa shape index (κ1) is 19.9. The molecule has 1 amide bonds. The van der Waals surface area contributed by atoms with Crippen LogP contribution < -0.4 is 22.2 Å². The Balaban J connectivity index is 1.71. The highest BCUT2D eigenvalue weighted by molar-refractivity contribution is 6.39. The lowest BCUT2D eigenvalue weighted by Gasteiger charge is -2.25. The SMILES string of the molecule is NC(=O)C1=NN(c2ccc(Cl)cc2Cl)C(c2ccc(-n3ccc(N)nc3=O)cc2)C1. The van der Waals surface area contributed by atoms with Gasteiger partial charge < -0.3 is 11.5 Å². The maximum Gasteiger partial charge on any atom is 0.354 e. The molecular formula is C20H16Cl2N6O2. The molecule has 2 heterocycles. The average molecular weight is 443 g/mol. The van der Waals surface area contributed by atoms with Crippen molar-refractivity contribution in [1.29, 1.82) is 0 Å². The average Bonchev–Trinajstić information content (AvgIpc) is 3.14. The van der Waals surface area contributed by atoms with Crippen molar-refractivity contribution < 1.29 is 4.79 Å². The van der Waals surface area contributed by atoms with Crippen LogP contribution in [0.1, 0.15) is 18.0 Å². The van der Waals surface area contributed by atoms with Crippen LogP contribution in [0.15, 0.2) is 64.6 Å². The van der Waals surface area contributed by atoms with E-state index in [2.05, 4.69) is 10.1 Å². The van der Waals surface area contributed by atoms with E-state index in [-0.39, 0.29) is 17.6 Å². The predicted molar refractivity (Wildman–Crippen MR) is 117 cm³/mol. The number of hydrogen-bond acceptors (Lipinski definition) is 6. The third-order valence-electron chi connectivity index (χ3n) is 4.73. The number of amides is 1. The number of carbonyl (C=O) groups excluding carboxylic acids is 1. The summed E-state index contributed by atoms with van der Waals surface area (Å²) in [7, 11) is 0. The van der Waals surface area contributed by atoms with Crippen LogP contribution >= 0.6 is 23.2 Å². The van der Waals surface area contributed by atoms with Gasteiger partial charge in [-0.25, -0.2) is 4.79 Å². The molecule has 1 aromatic heterocycles. The van der Waals surface area contributed by atoms with E-state index in [1.807, 2.05) is 12.1 Å². The molecule has 1 atom stereocenters. The Morgan fingerprint density at radius 2 is 1.83 bits per heavy atom. The van der Waals surface area contributed by atoms with Crippen LogP contribution in [-0.2, 0) is 4.79 Å². The molecule has 10 heteroatoms. The highest BCUT2D eigenvalue weighted by Crippen LogP contribution is 2.39. The van der Waals surface area contributed by atoms with Gasteiger partial charge in [-0.2, -0.15) is 10.1 Å². The first-order chi connectivity index (χ1) is 14.3. The van der Waals surface area contributed by atoms with Crippen molar-refractivity contribution in [2.75, 3.05) is 10.7 Å². The van der Waals surface area contributed by atoms with Crippen LogP contribution in [0.3, 0.4) is 0 Å². The number of aromatic nitrogens is 2. The van der Waals surface area contributed by atoms with E-state index < -0.39 is 11.6 Å². The third kappa shape index (κ3) is 3.74. The van der Waals surface area contributed by atoms with Crippen LogP contribution in [0.4, 0.5) is 11.5 Å². The molecule has 2 aromatic carbocycles. The number of benzene rings is 2. The second-order valence-corrected chi connectivity index (χ2v) is 7.51. The Kier molecular flexibility index (Phi) is 5.19. The number of hydrazone groups is 1. The summed E-state index contributed by atoms with van der Waals surface area (Å²) < 4.78 is 1.38. The first-order valence-corrected chi connectivity index (χ1v) is 9.66. The summed E-state index contributed by atoms with van der Waals surface area (Å²) in [5.41, 5.74) is 12.9. The summed E-state index contributed by atoms with van der Waals surface area (Å²) in [5, 5.41) is 6.93.